The van der Waals surface area contributed by atoms with Crippen LogP contribution < -0.4 is 5.32 Å². The summed E-state index contributed by atoms with van der Waals surface area (Å²) >= 11 is 0. The van der Waals surface area contributed by atoms with Crippen molar-refractivity contribution in [1.29, 1.82) is 0 Å². The van der Waals surface area contributed by atoms with Crippen LogP contribution in [-0.2, 0) is 27.4 Å². The second-order valence-electron chi connectivity index (χ2n) is 16.0. The molecule has 1 aromatic carbocycles. The predicted molar refractivity (Wildman–Crippen MR) is 170 cm³/mol. The van der Waals surface area contributed by atoms with Gasteiger partial charge in [-0.2, -0.15) is 0 Å². The molecule has 0 saturated heterocycles. The molecular weight excluding hydrogens is 598 g/mol. The fourth-order valence-electron chi connectivity index (χ4n) is 12.6. The lowest BCUT2D eigenvalue weighted by molar-refractivity contribution is -0.319. The number of ether oxygens (including phenoxy) is 1. The third-order valence-corrected chi connectivity index (χ3v) is 14.6. The van der Waals surface area contributed by atoms with Gasteiger partial charge in [-0.05, 0) is 106 Å². The van der Waals surface area contributed by atoms with Gasteiger partial charge < -0.3 is 40.4 Å². The standard InChI is InChI=1S/C38H47NO8/c1-39-29-16-26-22(6-4-7-23(26)20-40)5-2-3-10-34-12-9-30-35(21-41)11-8-25(42)19-36(35,44)13-14-37(30,45)38(34,46)18-24-15-27(29)33-28(32(24)34)17-31(43)47-33/h4,6-7,17,21,24-25,27,29-30,32-33,39-40,42,44-46H,3,8-16,18-20H2,1H3/t24-,25+,27-,29+,30-,32-,33-,34-,35+,36+,37+,38-/m1/s1. The van der Waals surface area contributed by atoms with Gasteiger partial charge in [0, 0.05) is 47.8 Å². The lowest BCUT2D eigenvalue weighted by atomic mass is 9.39. The Labute approximate surface area is 275 Å². The zero-order chi connectivity index (χ0) is 33.0. The van der Waals surface area contributed by atoms with Gasteiger partial charge in [-0.25, -0.2) is 4.79 Å². The molecule has 1 heterocycles. The zero-order valence-corrected chi connectivity index (χ0v) is 27.1. The topological polar surface area (TPSA) is 157 Å². The second kappa shape index (κ2) is 10.7. The average Bonchev–Trinajstić information content (AvgIpc) is 3.56. The molecule has 9 nitrogen and oxygen atoms in total. The van der Waals surface area contributed by atoms with Gasteiger partial charge in [0.05, 0.1) is 29.3 Å². The van der Waals surface area contributed by atoms with Crippen LogP contribution in [0.15, 0.2) is 29.8 Å². The van der Waals surface area contributed by atoms with Gasteiger partial charge in [0.2, 0.25) is 0 Å². The number of carbonyl (C=O) groups excluding carboxylic acids is 2. The molecule has 252 valence electrons. The number of aliphatic hydroxyl groups is 5. The molecule has 0 aromatic heterocycles. The van der Waals surface area contributed by atoms with Gasteiger partial charge in [0.25, 0.3) is 0 Å². The summed E-state index contributed by atoms with van der Waals surface area (Å²) in [4.78, 5) is 26.2. The van der Waals surface area contributed by atoms with Crippen molar-refractivity contribution in [2.24, 2.45) is 34.5 Å². The Balaban J connectivity index is 1.29. The molecule has 5 saturated carbocycles. The Morgan fingerprint density at radius 3 is 2.68 bits per heavy atom. The minimum absolute atomic E-state index is 0.0527. The largest absolute Gasteiger partial charge is 0.454 e. The van der Waals surface area contributed by atoms with Gasteiger partial charge in [0.1, 0.15) is 18.0 Å². The lowest BCUT2D eigenvalue weighted by Gasteiger charge is -2.69. The molecule has 0 radical (unpaired) electrons. The van der Waals surface area contributed by atoms with Gasteiger partial charge in [-0.3, -0.25) is 0 Å². The molecule has 47 heavy (non-hydrogen) atoms. The van der Waals surface area contributed by atoms with E-state index in [4.69, 9.17) is 4.74 Å². The summed E-state index contributed by atoms with van der Waals surface area (Å²) in [7, 11) is 1.90. The third-order valence-electron chi connectivity index (χ3n) is 14.6. The number of esters is 1. The van der Waals surface area contributed by atoms with E-state index in [1.165, 1.54) is 0 Å². The first-order valence-electron chi connectivity index (χ1n) is 17.6. The molecule has 7 aliphatic carbocycles. The number of likely N-dealkylation sites (N-methyl/N-ethyl adjacent to an activating group) is 1. The van der Waals surface area contributed by atoms with Crippen LogP contribution in [0.3, 0.4) is 0 Å². The smallest absolute Gasteiger partial charge is 0.331 e. The summed E-state index contributed by atoms with van der Waals surface area (Å²) in [6.07, 6.45) is 5.69. The quantitative estimate of drug-likeness (QED) is 0.165. The summed E-state index contributed by atoms with van der Waals surface area (Å²) in [5, 5.41) is 62.8. The van der Waals surface area contributed by atoms with Crippen molar-refractivity contribution in [3.05, 3.63) is 46.5 Å². The van der Waals surface area contributed by atoms with Crippen LogP contribution in [0.5, 0.6) is 0 Å². The van der Waals surface area contributed by atoms with Crippen LogP contribution in [0.4, 0.5) is 0 Å². The van der Waals surface area contributed by atoms with Crippen LogP contribution in [0.1, 0.15) is 87.3 Å². The Morgan fingerprint density at radius 1 is 1.09 bits per heavy atom. The number of aldehydes is 1. The molecule has 0 amide bonds. The van der Waals surface area contributed by atoms with Gasteiger partial charge in [0.15, 0.2) is 0 Å². The molecule has 8 aliphatic rings. The third kappa shape index (κ3) is 4.00. The van der Waals surface area contributed by atoms with Gasteiger partial charge >= 0.3 is 5.97 Å². The van der Waals surface area contributed by atoms with E-state index < -0.39 is 45.8 Å². The van der Waals surface area contributed by atoms with Crippen molar-refractivity contribution in [3.8, 4) is 11.8 Å². The molecular formula is C38H47NO8. The fourth-order valence-corrected chi connectivity index (χ4v) is 12.6. The highest BCUT2D eigenvalue weighted by molar-refractivity contribution is 5.86. The number of rotatable bonds is 3. The number of hydrogen-bond donors (Lipinski definition) is 6. The Kier molecular flexibility index (Phi) is 7.22. The fraction of sp³-hybridized carbons (Fsp3) is 0.684. The normalized spacial score (nSPS) is 48.0. The molecule has 12 atom stereocenters. The monoisotopic (exact) mass is 645 g/mol. The molecule has 9 heteroatoms. The maximum absolute atomic E-state index is 13.4. The number of nitrogens with one attached hydrogen (secondary N) is 1. The highest BCUT2D eigenvalue weighted by Gasteiger charge is 2.80. The van der Waals surface area contributed by atoms with Crippen molar-refractivity contribution >= 4 is 12.3 Å². The molecule has 6 N–H and O–H groups in total. The molecule has 9 rings (SSSR count). The van der Waals surface area contributed by atoms with Crippen LogP contribution in [-0.4, -0.2) is 79.9 Å². The molecule has 1 aromatic rings. The number of benzene rings is 1. The minimum atomic E-state index is -1.65. The number of fused-ring (bicyclic) bond motifs is 7. The highest BCUT2D eigenvalue weighted by atomic mass is 16.5. The molecule has 0 unspecified atom stereocenters. The van der Waals surface area contributed by atoms with Crippen LogP contribution >= 0.6 is 0 Å². The first kappa shape index (κ1) is 31.7. The van der Waals surface area contributed by atoms with E-state index in [0.717, 1.165) is 28.5 Å². The van der Waals surface area contributed by atoms with E-state index >= 15 is 0 Å². The average molecular weight is 646 g/mol. The van der Waals surface area contributed by atoms with E-state index in [0.29, 0.717) is 51.4 Å². The van der Waals surface area contributed by atoms with E-state index in [9.17, 15) is 35.1 Å². The molecule has 4 bridgehead atoms. The van der Waals surface area contributed by atoms with Crippen molar-refractivity contribution in [2.45, 2.75) is 119 Å². The summed E-state index contributed by atoms with van der Waals surface area (Å²) in [5.74, 6) is 5.35. The summed E-state index contributed by atoms with van der Waals surface area (Å²) in [6.45, 7) is -0.105. The number of carbonyl (C=O) groups is 2. The maximum Gasteiger partial charge on any atom is 0.331 e. The first-order valence-corrected chi connectivity index (χ1v) is 17.6. The Hall–Kier alpha value is -2.58. The molecule has 5 fully saturated rings. The van der Waals surface area contributed by atoms with Crippen LogP contribution in [0, 0.1) is 46.3 Å². The number of hydrogen-bond acceptors (Lipinski definition) is 9. The van der Waals surface area contributed by atoms with Crippen molar-refractivity contribution in [2.75, 3.05) is 7.05 Å². The summed E-state index contributed by atoms with van der Waals surface area (Å²) in [5.41, 5.74) is -3.22. The van der Waals surface area contributed by atoms with E-state index in [1.54, 1.807) is 6.08 Å². The van der Waals surface area contributed by atoms with E-state index in [1.807, 2.05) is 25.2 Å². The number of aliphatic hydroxyl groups excluding tert-OH is 2. The van der Waals surface area contributed by atoms with E-state index in [2.05, 4.69) is 17.2 Å². The van der Waals surface area contributed by atoms with Gasteiger partial charge in [-0.15, -0.1) is 0 Å². The van der Waals surface area contributed by atoms with Crippen LogP contribution in [0.2, 0.25) is 0 Å². The van der Waals surface area contributed by atoms with Crippen molar-refractivity contribution in [3.63, 3.8) is 0 Å². The second-order valence-corrected chi connectivity index (χ2v) is 16.0. The summed E-state index contributed by atoms with van der Waals surface area (Å²) < 4.78 is 6.10. The zero-order valence-electron chi connectivity index (χ0n) is 27.1. The van der Waals surface area contributed by atoms with E-state index in [-0.39, 0.29) is 62.1 Å². The minimum Gasteiger partial charge on any atom is -0.454 e. The van der Waals surface area contributed by atoms with Crippen molar-refractivity contribution in [1.82, 2.24) is 5.32 Å². The Bertz CT molecular complexity index is 1600. The lowest BCUT2D eigenvalue weighted by Crippen LogP contribution is -2.77. The maximum atomic E-state index is 13.4. The van der Waals surface area contributed by atoms with Crippen LogP contribution in [0.25, 0.3) is 0 Å². The van der Waals surface area contributed by atoms with Crippen molar-refractivity contribution < 1.29 is 39.9 Å². The summed E-state index contributed by atoms with van der Waals surface area (Å²) in [6, 6.07) is 5.69. The molecule has 1 aliphatic heterocycles. The van der Waals surface area contributed by atoms with Gasteiger partial charge in [-0.1, -0.05) is 24.0 Å². The SMILES string of the molecule is CN[C@H]1Cc2c(cccc2CO)C#CCC[C@]23CC[C@H]4[C@@](O)(CC[C@]5(O)C[C@@H](O)CC[C@]45C=O)[C@@]2(O)C[C@H]2C[C@H]1[C@H]1OC(=O)C=C1[C@@H]23. The predicted octanol–water partition coefficient (Wildman–Crippen LogP) is 2.08. The molecule has 1 spiro atoms. The highest BCUT2D eigenvalue weighted by Crippen LogP contribution is 2.75. The first-order chi connectivity index (χ1) is 22.5. The Morgan fingerprint density at radius 2 is 1.91 bits per heavy atom.